The molecule has 2 N–H and O–H groups in total. The summed E-state index contributed by atoms with van der Waals surface area (Å²) in [7, 11) is -1.44. The summed E-state index contributed by atoms with van der Waals surface area (Å²) >= 11 is 0. The van der Waals surface area contributed by atoms with Crippen molar-refractivity contribution in [3.63, 3.8) is 0 Å². The molecule has 1 fully saturated rings. The van der Waals surface area contributed by atoms with Crippen molar-refractivity contribution in [2.75, 3.05) is 26.2 Å². The van der Waals surface area contributed by atoms with Gasteiger partial charge in [-0.15, -0.1) is 0 Å². The van der Waals surface area contributed by atoms with Gasteiger partial charge in [-0.05, 0) is 48.9 Å². The Balaban J connectivity index is 1.74. The molecule has 1 aliphatic heterocycles. The molecule has 4 nitrogen and oxygen atoms in total. The lowest BCUT2D eigenvalue weighted by Gasteiger charge is -2.38. The van der Waals surface area contributed by atoms with Gasteiger partial charge < -0.3 is 14.8 Å². The van der Waals surface area contributed by atoms with Crippen LogP contribution in [0.1, 0.15) is 33.1 Å². The number of piperidine rings is 1. The van der Waals surface area contributed by atoms with Crippen molar-refractivity contribution in [2.24, 2.45) is 5.41 Å². The van der Waals surface area contributed by atoms with Crippen LogP contribution in [0.15, 0.2) is 24.3 Å². The van der Waals surface area contributed by atoms with Gasteiger partial charge in [0, 0.05) is 6.54 Å². The molecule has 116 valence electrons. The van der Waals surface area contributed by atoms with Crippen LogP contribution in [-0.4, -0.2) is 48.3 Å². The van der Waals surface area contributed by atoms with Gasteiger partial charge in [-0.1, -0.05) is 32.4 Å². The Hall–Kier alpha value is -1.04. The summed E-state index contributed by atoms with van der Waals surface area (Å²) < 4.78 is 5.71. The zero-order chi connectivity index (χ0) is 15.3. The first-order valence-electron chi connectivity index (χ1n) is 7.84. The van der Waals surface area contributed by atoms with Crippen LogP contribution < -0.4 is 10.2 Å². The van der Waals surface area contributed by atoms with Gasteiger partial charge in [0.15, 0.2) is 0 Å². The minimum atomic E-state index is -1.44. The zero-order valence-corrected chi connectivity index (χ0v) is 13.1. The lowest BCUT2D eigenvalue weighted by atomic mass is 9.78. The molecule has 21 heavy (non-hydrogen) atoms. The molecule has 0 amide bonds. The normalized spacial score (nSPS) is 18.5. The first-order valence-corrected chi connectivity index (χ1v) is 7.84. The van der Waals surface area contributed by atoms with E-state index >= 15 is 0 Å². The lowest BCUT2D eigenvalue weighted by Crippen LogP contribution is -2.40. The number of hydrogen-bond donors (Lipinski definition) is 2. The highest BCUT2D eigenvalue weighted by atomic mass is 16.5. The second-order valence-corrected chi connectivity index (χ2v) is 6.30. The average Bonchev–Trinajstić information content (AvgIpc) is 2.50. The number of benzene rings is 1. The quantitative estimate of drug-likeness (QED) is 0.775. The molecular weight excluding hydrogens is 265 g/mol. The summed E-state index contributed by atoms with van der Waals surface area (Å²) in [5.41, 5.74) is 0.979. The minimum Gasteiger partial charge on any atom is -0.492 e. The smallest absolute Gasteiger partial charge is 0.488 e. The number of ether oxygens (including phenoxy) is 1. The molecule has 0 saturated carbocycles. The second-order valence-electron chi connectivity index (χ2n) is 6.30. The third-order valence-corrected chi connectivity index (χ3v) is 4.75. The Morgan fingerprint density at radius 3 is 2.62 bits per heavy atom. The maximum atomic E-state index is 9.14. The van der Waals surface area contributed by atoms with Crippen molar-refractivity contribution >= 4 is 12.6 Å². The summed E-state index contributed by atoms with van der Waals surface area (Å²) in [6.07, 6.45) is 3.78. The molecule has 1 aromatic carbocycles. The van der Waals surface area contributed by atoms with E-state index in [1.54, 1.807) is 18.2 Å². The van der Waals surface area contributed by atoms with Crippen molar-refractivity contribution in [1.82, 2.24) is 4.90 Å². The van der Waals surface area contributed by atoms with E-state index in [4.69, 9.17) is 14.8 Å². The van der Waals surface area contributed by atoms with Crippen LogP contribution in [0.3, 0.4) is 0 Å². The van der Waals surface area contributed by atoms with Gasteiger partial charge in [-0.25, -0.2) is 0 Å². The molecule has 1 aliphatic rings. The molecule has 0 aliphatic carbocycles. The summed E-state index contributed by atoms with van der Waals surface area (Å²) in [5, 5.41) is 18.3. The monoisotopic (exact) mass is 291 g/mol. The largest absolute Gasteiger partial charge is 0.492 e. The molecule has 0 radical (unpaired) electrons. The number of hydrogen-bond acceptors (Lipinski definition) is 4. The second kappa shape index (κ2) is 7.30. The minimum absolute atomic E-state index is 0.462. The maximum absolute atomic E-state index is 9.14. The molecule has 5 heteroatoms. The van der Waals surface area contributed by atoms with E-state index in [1.807, 2.05) is 6.07 Å². The van der Waals surface area contributed by atoms with Gasteiger partial charge in [-0.2, -0.15) is 0 Å². The fourth-order valence-corrected chi connectivity index (χ4v) is 2.73. The standard InChI is InChI=1S/C16H26BNO3/c1-3-16(2)7-9-18(10-8-16)11-12-21-15-6-4-5-14(13-15)17(19)20/h4-6,13,19-20H,3,7-12H2,1-2H3. The van der Waals surface area contributed by atoms with Crippen LogP contribution in [0.25, 0.3) is 0 Å². The van der Waals surface area contributed by atoms with Crippen molar-refractivity contribution in [1.29, 1.82) is 0 Å². The fraction of sp³-hybridized carbons (Fsp3) is 0.625. The molecular formula is C16H26BNO3. The van der Waals surface area contributed by atoms with Gasteiger partial charge in [0.1, 0.15) is 12.4 Å². The molecule has 0 bridgehead atoms. The van der Waals surface area contributed by atoms with Crippen LogP contribution in [-0.2, 0) is 0 Å². The Bertz CT molecular complexity index is 445. The van der Waals surface area contributed by atoms with Crippen molar-refractivity contribution < 1.29 is 14.8 Å². The van der Waals surface area contributed by atoms with Gasteiger partial charge in [0.05, 0.1) is 0 Å². The summed E-state index contributed by atoms with van der Waals surface area (Å²) in [4.78, 5) is 2.45. The SMILES string of the molecule is CCC1(C)CCN(CCOc2cccc(B(O)O)c2)CC1. The first-order chi connectivity index (χ1) is 10.0. The summed E-state index contributed by atoms with van der Waals surface area (Å²) in [6.45, 7) is 8.50. The highest BCUT2D eigenvalue weighted by Gasteiger charge is 2.27. The van der Waals surface area contributed by atoms with Gasteiger partial charge in [-0.3, -0.25) is 4.90 Å². The molecule has 0 spiro atoms. The van der Waals surface area contributed by atoms with E-state index in [0.717, 1.165) is 19.6 Å². The molecule has 0 unspecified atom stereocenters. The highest BCUT2D eigenvalue weighted by Crippen LogP contribution is 2.33. The molecule has 2 rings (SSSR count). The molecule has 1 saturated heterocycles. The molecule has 0 aromatic heterocycles. The molecule has 1 heterocycles. The topological polar surface area (TPSA) is 52.9 Å². The third-order valence-electron chi connectivity index (χ3n) is 4.75. The Kier molecular flexibility index (Phi) is 5.68. The van der Waals surface area contributed by atoms with E-state index in [2.05, 4.69) is 18.7 Å². The summed E-state index contributed by atoms with van der Waals surface area (Å²) in [6, 6.07) is 6.97. The lowest BCUT2D eigenvalue weighted by molar-refractivity contribution is 0.101. The third kappa shape index (κ3) is 4.73. The Labute approximate surface area is 127 Å². The van der Waals surface area contributed by atoms with Crippen LogP contribution in [0, 0.1) is 5.41 Å². The van der Waals surface area contributed by atoms with Crippen molar-refractivity contribution in [3.8, 4) is 5.75 Å². The van der Waals surface area contributed by atoms with Crippen LogP contribution in [0.4, 0.5) is 0 Å². The van der Waals surface area contributed by atoms with E-state index in [9.17, 15) is 0 Å². The van der Waals surface area contributed by atoms with E-state index in [0.29, 0.717) is 23.2 Å². The first kappa shape index (κ1) is 16.3. The number of rotatable bonds is 6. The van der Waals surface area contributed by atoms with Gasteiger partial charge in [0.25, 0.3) is 0 Å². The van der Waals surface area contributed by atoms with Gasteiger partial charge in [0.2, 0.25) is 0 Å². The highest BCUT2D eigenvalue weighted by molar-refractivity contribution is 6.58. The van der Waals surface area contributed by atoms with Crippen molar-refractivity contribution in [3.05, 3.63) is 24.3 Å². The predicted octanol–water partition coefficient (Wildman–Crippen LogP) is 1.26. The Morgan fingerprint density at radius 1 is 1.29 bits per heavy atom. The zero-order valence-electron chi connectivity index (χ0n) is 13.1. The van der Waals surface area contributed by atoms with E-state index < -0.39 is 7.12 Å². The van der Waals surface area contributed by atoms with Gasteiger partial charge >= 0.3 is 7.12 Å². The number of likely N-dealkylation sites (tertiary alicyclic amines) is 1. The van der Waals surface area contributed by atoms with Crippen molar-refractivity contribution in [2.45, 2.75) is 33.1 Å². The molecule has 1 aromatic rings. The predicted molar refractivity (Wildman–Crippen MR) is 85.8 cm³/mol. The maximum Gasteiger partial charge on any atom is 0.488 e. The summed E-state index contributed by atoms with van der Waals surface area (Å²) in [5.74, 6) is 0.691. The number of nitrogens with zero attached hydrogens (tertiary/aromatic N) is 1. The van der Waals surface area contributed by atoms with Crippen LogP contribution in [0.2, 0.25) is 0 Å². The Morgan fingerprint density at radius 2 is 2.00 bits per heavy atom. The molecule has 0 atom stereocenters. The van der Waals surface area contributed by atoms with Crippen LogP contribution >= 0.6 is 0 Å². The fourth-order valence-electron chi connectivity index (χ4n) is 2.73. The van der Waals surface area contributed by atoms with E-state index in [-0.39, 0.29) is 0 Å². The van der Waals surface area contributed by atoms with Crippen LogP contribution in [0.5, 0.6) is 5.75 Å². The average molecular weight is 291 g/mol. The van der Waals surface area contributed by atoms with E-state index in [1.165, 1.54) is 19.3 Å².